The fourth-order valence-corrected chi connectivity index (χ4v) is 2.62. The molecule has 1 unspecified atom stereocenters. The van der Waals surface area contributed by atoms with Crippen LogP contribution in [0.5, 0.6) is 11.5 Å². The maximum Gasteiger partial charge on any atom is 0.253 e. The van der Waals surface area contributed by atoms with Gasteiger partial charge in [0.15, 0.2) is 11.5 Å². The number of nitrogens with one attached hydrogen (secondary N) is 2. The third kappa shape index (κ3) is 3.85. The molecule has 0 radical (unpaired) electrons. The summed E-state index contributed by atoms with van der Waals surface area (Å²) in [6.07, 6.45) is 0. The van der Waals surface area contributed by atoms with Crippen molar-refractivity contribution in [3.63, 3.8) is 0 Å². The summed E-state index contributed by atoms with van der Waals surface area (Å²) in [5, 5.41) is 5.71. The molecule has 130 valence electrons. The van der Waals surface area contributed by atoms with Gasteiger partial charge in [0.25, 0.3) is 5.91 Å². The second kappa shape index (κ2) is 7.44. The number of ether oxygens (including phenoxy) is 2. The maximum atomic E-state index is 12.4. The Morgan fingerprint density at radius 2 is 1.84 bits per heavy atom. The van der Waals surface area contributed by atoms with Crippen LogP contribution in [0.4, 0.5) is 5.69 Å². The molecule has 0 fully saturated rings. The second-order valence-corrected chi connectivity index (χ2v) is 5.90. The Kier molecular flexibility index (Phi) is 5.09. The van der Waals surface area contributed by atoms with Crippen LogP contribution in [0, 0.1) is 0 Å². The van der Waals surface area contributed by atoms with Crippen LogP contribution in [0.2, 0.25) is 5.02 Å². The number of benzene rings is 2. The van der Waals surface area contributed by atoms with E-state index in [1.54, 1.807) is 49.4 Å². The number of halogens is 1. The highest BCUT2D eigenvalue weighted by Crippen LogP contribution is 2.37. The molecule has 0 aliphatic carbocycles. The Hall–Kier alpha value is -2.73. The summed E-state index contributed by atoms with van der Waals surface area (Å²) in [5.74, 6) is 0.287. The molecule has 1 aliphatic rings. The Morgan fingerprint density at radius 1 is 1.08 bits per heavy atom. The average Bonchev–Trinajstić information content (AvgIpc) is 2.62. The van der Waals surface area contributed by atoms with E-state index in [4.69, 9.17) is 21.1 Å². The zero-order valence-electron chi connectivity index (χ0n) is 13.5. The predicted molar refractivity (Wildman–Crippen MR) is 94.4 cm³/mol. The van der Waals surface area contributed by atoms with Gasteiger partial charge in [-0.15, -0.1) is 0 Å². The van der Waals surface area contributed by atoms with Gasteiger partial charge in [0, 0.05) is 0 Å². The zero-order chi connectivity index (χ0) is 17.8. The van der Waals surface area contributed by atoms with Gasteiger partial charge >= 0.3 is 0 Å². The van der Waals surface area contributed by atoms with Gasteiger partial charge in [0.1, 0.15) is 19.3 Å². The first-order valence-corrected chi connectivity index (χ1v) is 8.19. The van der Waals surface area contributed by atoms with Gasteiger partial charge in [-0.05, 0) is 31.2 Å². The molecule has 1 aliphatic heterocycles. The summed E-state index contributed by atoms with van der Waals surface area (Å²) in [7, 11) is 0. The Labute approximate surface area is 150 Å². The minimum atomic E-state index is -0.760. The van der Waals surface area contributed by atoms with Crippen molar-refractivity contribution in [1.29, 1.82) is 0 Å². The Morgan fingerprint density at radius 3 is 2.64 bits per heavy atom. The smallest absolute Gasteiger partial charge is 0.253 e. The highest BCUT2D eigenvalue weighted by atomic mass is 35.5. The summed E-state index contributed by atoms with van der Waals surface area (Å²) >= 11 is 6.00. The van der Waals surface area contributed by atoms with E-state index in [-0.39, 0.29) is 5.91 Å². The first-order valence-electron chi connectivity index (χ1n) is 7.81. The van der Waals surface area contributed by atoms with Crippen molar-refractivity contribution in [2.75, 3.05) is 18.5 Å². The van der Waals surface area contributed by atoms with E-state index in [9.17, 15) is 9.59 Å². The minimum absolute atomic E-state index is 0.317. The molecular formula is C18H17ClN2O4. The second-order valence-electron chi connectivity index (χ2n) is 5.49. The van der Waals surface area contributed by atoms with Gasteiger partial charge in [-0.2, -0.15) is 0 Å². The molecule has 1 heterocycles. The Balaban J connectivity index is 1.67. The van der Waals surface area contributed by atoms with Crippen LogP contribution in [0.25, 0.3) is 0 Å². The molecular weight excluding hydrogens is 344 g/mol. The first-order chi connectivity index (χ1) is 12.1. The maximum absolute atomic E-state index is 12.4. The van der Waals surface area contributed by atoms with E-state index < -0.39 is 11.9 Å². The summed E-state index contributed by atoms with van der Waals surface area (Å²) in [5.41, 5.74) is 0.818. The molecule has 0 saturated heterocycles. The van der Waals surface area contributed by atoms with Gasteiger partial charge in [0.05, 0.1) is 16.3 Å². The van der Waals surface area contributed by atoms with E-state index >= 15 is 0 Å². The van der Waals surface area contributed by atoms with E-state index in [1.807, 2.05) is 0 Å². The average molecular weight is 361 g/mol. The van der Waals surface area contributed by atoms with Crippen LogP contribution in [-0.2, 0) is 4.79 Å². The number of anilines is 1. The van der Waals surface area contributed by atoms with Crippen molar-refractivity contribution < 1.29 is 19.1 Å². The summed E-state index contributed by atoms with van der Waals surface area (Å²) in [4.78, 5) is 24.6. The monoisotopic (exact) mass is 360 g/mol. The molecule has 0 aromatic heterocycles. The zero-order valence-corrected chi connectivity index (χ0v) is 14.3. The summed E-state index contributed by atoms with van der Waals surface area (Å²) in [6.45, 7) is 2.48. The minimum Gasteiger partial charge on any atom is -0.486 e. The standard InChI is InChI=1S/C18H17ClN2O4/c1-11(20-18(23)12-5-2-3-6-13(12)19)17(22)21-14-7-4-8-15-16(14)25-10-9-24-15/h2-8,11H,9-10H2,1H3,(H,20,23)(H,21,22). The van der Waals surface area contributed by atoms with E-state index in [0.717, 1.165) is 0 Å². The molecule has 0 bridgehead atoms. The van der Waals surface area contributed by atoms with Crippen molar-refractivity contribution >= 4 is 29.1 Å². The highest BCUT2D eigenvalue weighted by Gasteiger charge is 2.21. The molecule has 6 nitrogen and oxygen atoms in total. The normalized spacial score (nSPS) is 13.7. The van der Waals surface area contributed by atoms with Crippen molar-refractivity contribution in [2.45, 2.75) is 13.0 Å². The Bertz CT molecular complexity index is 809. The van der Waals surface area contributed by atoms with Crippen LogP contribution in [0.15, 0.2) is 42.5 Å². The van der Waals surface area contributed by atoms with Crippen molar-refractivity contribution in [3.8, 4) is 11.5 Å². The number of hydrogen-bond acceptors (Lipinski definition) is 4. The first kappa shape index (κ1) is 17.1. The topological polar surface area (TPSA) is 76.7 Å². The van der Waals surface area contributed by atoms with Crippen molar-refractivity contribution in [1.82, 2.24) is 5.32 Å². The van der Waals surface area contributed by atoms with Crippen molar-refractivity contribution in [2.24, 2.45) is 0 Å². The van der Waals surface area contributed by atoms with Gasteiger partial charge in [-0.3, -0.25) is 9.59 Å². The lowest BCUT2D eigenvalue weighted by molar-refractivity contribution is -0.117. The SMILES string of the molecule is CC(NC(=O)c1ccccc1Cl)C(=O)Nc1cccc2c1OCCO2. The molecule has 3 rings (SSSR count). The van der Waals surface area contributed by atoms with Gasteiger partial charge in [-0.25, -0.2) is 0 Å². The molecule has 2 aromatic carbocycles. The van der Waals surface area contributed by atoms with Crippen LogP contribution in [-0.4, -0.2) is 31.1 Å². The molecule has 25 heavy (non-hydrogen) atoms. The van der Waals surface area contributed by atoms with Gasteiger partial charge in [-0.1, -0.05) is 29.8 Å². The molecule has 7 heteroatoms. The van der Waals surface area contributed by atoms with Crippen LogP contribution >= 0.6 is 11.6 Å². The summed E-state index contributed by atoms with van der Waals surface area (Å²) < 4.78 is 11.0. The molecule has 2 N–H and O–H groups in total. The quantitative estimate of drug-likeness (QED) is 0.879. The van der Waals surface area contributed by atoms with Crippen LogP contribution in [0.3, 0.4) is 0 Å². The number of para-hydroxylation sites is 1. The number of amides is 2. The number of carbonyl (C=O) groups excluding carboxylic acids is 2. The van der Waals surface area contributed by atoms with Crippen molar-refractivity contribution in [3.05, 3.63) is 53.1 Å². The van der Waals surface area contributed by atoms with Gasteiger partial charge < -0.3 is 20.1 Å². The number of fused-ring (bicyclic) bond motifs is 1. The van der Waals surface area contributed by atoms with E-state index in [2.05, 4.69) is 10.6 Å². The van der Waals surface area contributed by atoms with Crippen LogP contribution < -0.4 is 20.1 Å². The third-order valence-corrected chi connectivity index (χ3v) is 4.01. The number of carbonyl (C=O) groups is 2. The molecule has 1 atom stereocenters. The van der Waals surface area contributed by atoms with E-state index in [0.29, 0.717) is 41.0 Å². The fourth-order valence-electron chi connectivity index (χ4n) is 2.40. The molecule has 2 aromatic rings. The number of rotatable bonds is 4. The third-order valence-electron chi connectivity index (χ3n) is 3.68. The molecule has 0 saturated carbocycles. The highest BCUT2D eigenvalue weighted by molar-refractivity contribution is 6.33. The largest absolute Gasteiger partial charge is 0.486 e. The summed E-state index contributed by atoms with van der Waals surface area (Å²) in [6, 6.07) is 11.1. The lowest BCUT2D eigenvalue weighted by atomic mass is 10.2. The molecule has 0 spiro atoms. The van der Waals surface area contributed by atoms with Gasteiger partial charge in [0.2, 0.25) is 5.91 Å². The van der Waals surface area contributed by atoms with E-state index in [1.165, 1.54) is 0 Å². The lowest BCUT2D eigenvalue weighted by Gasteiger charge is -2.22. The molecule has 2 amide bonds. The number of hydrogen-bond donors (Lipinski definition) is 2. The van der Waals surface area contributed by atoms with Crippen LogP contribution in [0.1, 0.15) is 17.3 Å². The fraction of sp³-hybridized carbons (Fsp3) is 0.222. The lowest BCUT2D eigenvalue weighted by Crippen LogP contribution is -2.41. The predicted octanol–water partition coefficient (Wildman–Crippen LogP) is 2.87.